The van der Waals surface area contributed by atoms with E-state index < -0.39 is 8.32 Å². The van der Waals surface area contributed by atoms with Crippen LogP contribution in [0.2, 0.25) is 18.1 Å². The van der Waals surface area contributed by atoms with Crippen molar-refractivity contribution in [2.24, 2.45) is 0 Å². The van der Waals surface area contributed by atoms with Crippen LogP contribution >= 0.6 is 0 Å². The van der Waals surface area contributed by atoms with Gasteiger partial charge in [-0.25, -0.2) is 0 Å². The summed E-state index contributed by atoms with van der Waals surface area (Å²) in [4.78, 5) is 12.0. The molecule has 0 heterocycles. The van der Waals surface area contributed by atoms with Crippen molar-refractivity contribution >= 4 is 14.3 Å². The SMILES string of the molecule is CCCCCCCCCCCCCCCCC(=O)O[Si](C)(C)C(C)(C)C. The van der Waals surface area contributed by atoms with Crippen LogP contribution in [0.3, 0.4) is 0 Å². The molecule has 0 atom stereocenters. The highest BCUT2D eigenvalue weighted by Crippen LogP contribution is 2.36. The highest BCUT2D eigenvalue weighted by molar-refractivity contribution is 6.75. The number of carbonyl (C=O) groups excluding carboxylic acids is 1. The van der Waals surface area contributed by atoms with E-state index in [0.717, 1.165) is 6.42 Å². The van der Waals surface area contributed by atoms with E-state index in [1.807, 2.05) is 0 Å². The third kappa shape index (κ3) is 13.8. The summed E-state index contributed by atoms with van der Waals surface area (Å²) < 4.78 is 5.82. The van der Waals surface area contributed by atoms with Crippen LogP contribution in [0.5, 0.6) is 0 Å². The van der Waals surface area contributed by atoms with Gasteiger partial charge in [-0.3, -0.25) is 4.79 Å². The molecule has 0 aliphatic rings. The molecule has 0 fully saturated rings. The van der Waals surface area contributed by atoms with Crippen molar-refractivity contribution < 1.29 is 9.22 Å². The molecule has 0 aromatic rings. The standard InChI is InChI=1S/C23H48O2Si/c1-7-8-9-10-11-12-13-14-15-16-17-18-19-20-21-22(24)25-26(5,6)23(2,3)4/h7-21H2,1-6H3. The Morgan fingerprint density at radius 3 is 1.38 bits per heavy atom. The molecule has 0 bridgehead atoms. The smallest absolute Gasteiger partial charge is 0.292 e. The summed E-state index contributed by atoms with van der Waals surface area (Å²) in [5.41, 5.74) is 0. The Balaban J connectivity index is 3.40. The van der Waals surface area contributed by atoms with Gasteiger partial charge in [0.2, 0.25) is 0 Å². The van der Waals surface area contributed by atoms with Gasteiger partial charge >= 0.3 is 0 Å². The Labute approximate surface area is 166 Å². The molecule has 0 radical (unpaired) electrons. The maximum atomic E-state index is 12.0. The Bertz CT molecular complexity index is 345. The van der Waals surface area contributed by atoms with Crippen LogP contribution in [0.1, 0.15) is 124 Å². The van der Waals surface area contributed by atoms with Crippen LogP contribution in [0.15, 0.2) is 0 Å². The predicted octanol–water partition coefficient (Wildman–Crippen LogP) is 8.41. The summed E-state index contributed by atoms with van der Waals surface area (Å²) in [7, 11) is -1.92. The Morgan fingerprint density at radius 1 is 0.692 bits per heavy atom. The van der Waals surface area contributed by atoms with Crippen molar-refractivity contribution in [1.29, 1.82) is 0 Å². The van der Waals surface area contributed by atoms with Gasteiger partial charge in [0.15, 0.2) is 0 Å². The van der Waals surface area contributed by atoms with Gasteiger partial charge in [0.1, 0.15) is 0 Å². The third-order valence-electron chi connectivity index (χ3n) is 5.91. The molecule has 0 N–H and O–H groups in total. The summed E-state index contributed by atoms with van der Waals surface area (Å²) in [5, 5.41) is 0.109. The van der Waals surface area contributed by atoms with E-state index in [1.54, 1.807) is 0 Å². The summed E-state index contributed by atoms with van der Waals surface area (Å²) >= 11 is 0. The van der Waals surface area contributed by atoms with Crippen molar-refractivity contribution in [3.05, 3.63) is 0 Å². The molecule has 0 saturated carbocycles. The lowest BCUT2D eigenvalue weighted by atomic mass is 10.0. The highest BCUT2D eigenvalue weighted by atomic mass is 28.4. The van der Waals surface area contributed by atoms with Crippen molar-refractivity contribution in [3.63, 3.8) is 0 Å². The van der Waals surface area contributed by atoms with E-state index in [0.29, 0.717) is 6.42 Å². The predicted molar refractivity (Wildman–Crippen MR) is 118 cm³/mol. The van der Waals surface area contributed by atoms with E-state index in [2.05, 4.69) is 40.8 Å². The molecular formula is C23H48O2Si. The molecule has 0 aromatic heterocycles. The Kier molecular flexibility index (Phi) is 14.5. The molecule has 156 valence electrons. The fraction of sp³-hybridized carbons (Fsp3) is 0.957. The number of carbonyl (C=O) groups is 1. The minimum atomic E-state index is -1.92. The molecule has 0 rings (SSSR count). The van der Waals surface area contributed by atoms with Crippen LogP contribution in [0.25, 0.3) is 0 Å². The van der Waals surface area contributed by atoms with Gasteiger partial charge in [-0.1, -0.05) is 111 Å². The maximum absolute atomic E-state index is 12.0. The number of hydrogen-bond donors (Lipinski definition) is 0. The average molecular weight is 385 g/mol. The molecule has 26 heavy (non-hydrogen) atoms. The molecule has 0 aliphatic heterocycles. The van der Waals surface area contributed by atoms with Gasteiger partial charge in [-0.2, -0.15) is 0 Å². The lowest BCUT2D eigenvalue weighted by Crippen LogP contribution is -2.42. The zero-order valence-corrected chi connectivity index (χ0v) is 19.9. The van der Waals surface area contributed by atoms with Crippen molar-refractivity contribution in [1.82, 2.24) is 0 Å². The minimum Gasteiger partial charge on any atom is -0.519 e. The van der Waals surface area contributed by atoms with Gasteiger partial charge in [0.25, 0.3) is 14.3 Å². The molecule has 0 amide bonds. The molecule has 0 aromatic carbocycles. The number of unbranched alkanes of at least 4 members (excludes halogenated alkanes) is 13. The van der Waals surface area contributed by atoms with Crippen molar-refractivity contribution in [3.8, 4) is 0 Å². The lowest BCUT2D eigenvalue weighted by molar-refractivity contribution is -0.135. The van der Waals surface area contributed by atoms with Gasteiger partial charge in [0, 0.05) is 6.42 Å². The minimum absolute atomic E-state index is 0.0236. The van der Waals surface area contributed by atoms with Gasteiger partial charge in [-0.05, 0) is 24.6 Å². The van der Waals surface area contributed by atoms with Gasteiger partial charge < -0.3 is 4.43 Å². The fourth-order valence-corrected chi connectivity index (χ4v) is 3.93. The molecule has 2 nitrogen and oxygen atoms in total. The average Bonchev–Trinajstić information content (AvgIpc) is 2.53. The van der Waals surface area contributed by atoms with Crippen LogP contribution in [0, 0.1) is 0 Å². The second kappa shape index (κ2) is 14.7. The van der Waals surface area contributed by atoms with Crippen LogP contribution in [-0.4, -0.2) is 14.3 Å². The lowest BCUT2D eigenvalue weighted by Gasteiger charge is -2.35. The molecule has 0 unspecified atom stereocenters. The maximum Gasteiger partial charge on any atom is 0.292 e. The van der Waals surface area contributed by atoms with E-state index in [-0.39, 0.29) is 11.0 Å². The third-order valence-corrected chi connectivity index (χ3v) is 10.3. The first kappa shape index (κ1) is 25.7. The van der Waals surface area contributed by atoms with E-state index in [9.17, 15) is 4.79 Å². The number of hydrogen-bond acceptors (Lipinski definition) is 2. The second-order valence-corrected chi connectivity index (χ2v) is 14.3. The first-order chi connectivity index (χ1) is 12.2. The molecular weight excluding hydrogens is 336 g/mol. The summed E-state index contributed by atoms with van der Waals surface area (Å²) in [5.74, 6) is 0.0236. The zero-order valence-electron chi connectivity index (χ0n) is 18.9. The number of rotatable bonds is 16. The van der Waals surface area contributed by atoms with E-state index in [1.165, 1.54) is 83.5 Å². The summed E-state index contributed by atoms with van der Waals surface area (Å²) in [6, 6.07) is 0. The van der Waals surface area contributed by atoms with Crippen molar-refractivity contribution in [2.45, 2.75) is 142 Å². The normalized spacial score (nSPS) is 12.4. The van der Waals surface area contributed by atoms with Gasteiger partial charge in [-0.15, -0.1) is 0 Å². The topological polar surface area (TPSA) is 26.3 Å². The van der Waals surface area contributed by atoms with Crippen LogP contribution in [0.4, 0.5) is 0 Å². The molecule has 3 heteroatoms. The van der Waals surface area contributed by atoms with Gasteiger partial charge in [0.05, 0.1) is 0 Å². The Morgan fingerprint density at radius 2 is 1.04 bits per heavy atom. The van der Waals surface area contributed by atoms with E-state index >= 15 is 0 Å². The first-order valence-electron chi connectivity index (χ1n) is 11.4. The largest absolute Gasteiger partial charge is 0.519 e. The Hall–Kier alpha value is -0.313. The monoisotopic (exact) mass is 384 g/mol. The first-order valence-corrected chi connectivity index (χ1v) is 14.3. The highest BCUT2D eigenvalue weighted by Gasteiger charge is 2.40. The molecule has 0 saturated heterocycles. The molecule has 0 spiro atoms. The fourth-order valence-electron chi connectivity index (χ4n) is 2.95. The van der Waals surface area contributed by atoms with Crippen molar-refractivity contribution in [2.75, 3.05) is 0 Å². The zero-order chi connectivity index (χ0) is 19.9. The summed E-state index contributed by atoms with van der Waals surface area (Å²) in [6.07, 6.45) is 19.4. The molecule has 0 aliphatic carbocycles. The van der Waals surface area contributed by atoms with Crippen LogP contribution < -0.4 is 0 Å². The van der Waals surface area contributed by atoms with Crippen LogP contribution in [-0.2, 0) is 9.22 Å². The summed E-state index contributed by atoms with van der Waals surface area (Å²) in [6.45, 7) is 13.1. The van der Waals surface area contributed by atoms with E-state index in [4.69, 9.17) is 4.43 Å². The quantitative estimate of drug-likeness (QED) is 0.197. The second-order valence-electron chi connectivity index (χ2n) is 9.58.